The maximum absolute atomic E-state index is 13.9. The Labute approximate surface area is 155 Å². The zero-order valence-electron chi connectivity index (χ0n) is 13.8. The molecule has 0 saturated carbocycles. The van der Waals surface area contributed by atoms with Crippen LogP contribution in [0.3, 0.4) is 0 Å². The van der Waals surface area contributed by atoms with Gasteiger partial charge in [0.2, 0.25) is 0 Å². The van der Waals surface area contributed by atoms with Gasteiger partial charge in [-0.15, -0.1) is 11.7 Å². The third-order valence-electron chi connectivity index (χ3n) is 3.77. The molecule has 0 aliphatic heterocycles. The Balaban J connectivity index is 1.85. The fraction of sp³-hybridized carbons (Fsp3) is 0.105. The van der Waals surface area contributed by atoms with Crippen LogP contribution < -0.4 is 0 Å². The van der Waals surface area contributed by atoms with E-state index in [4.69, 9.17) is 11.6 Å². The summed E-state index contributed by atoms with van der Waals surface area (Å²) in [6, 6.07) is 13.4. The summed E-state index contributed by atoms with van der Waals surface area (Å²) in [4.78, 5) is 14.2. The van der Waals surface area contributed by atoms with Crippen molar-refractivity contribution >= 4 is 17.5 Å². The molecule has 2 aromatic carbocycles. The Bertz CT molecular complexity index is 941. The van der Waals surface area contributed by atoms with Crippen LogP contribution in [0.5, 0.6) is 0 Å². The normalized spacial score (nSPS) is 10.5. The van der Waals surface area contributed by atoms with Gasteiger partial charge in [-0.1, -0.05) is 53.2 Å². The molecule has 3 aromatic rings. The molecule has 0 radical (unpaired) electrons. The van der Waals surface area contributed by atoms with Gasteiger partial charge in [-0.2, -0.15) is 0 Å². The minimum Gasteiger partial charge on any atom is -0.329 e. The van der Waals surface area contributed by atoms with Gasteiger partial charge in [0.15, 0.2) is 5.69 Å². The SMILES string of the molecule is C=CCN(Cc1ccccc1F)C(=O)c1cn(-c2ccccc2Cl)nn1. The second-order valence-corrected chi connectivity index (χ2v) is 5.97. The molecule has 0 N–H and O–H groups in total. The lowest BCUT2D eigenvalue weighted by Gasteiger charge is -2.20. The number of carbonyl (C=O) groups is 1. The van der Waals surface area contributed by atoms with Gasteiger partial charge in [0, 0.05) is 18.7 Å². The standard InChI is InChI=1S/C19H16ClFN4O/c1-2-11-24(12-14-7-3-5-9-16(14)21)19(26)17-13-25(23-22-17)18-10-6-4-8-15(18)20/h2-10,13H,1,11-12H2. The van der Waals surface area contributed by atoms with Gasteiger partial charge < -0.3 is 4.90 Å². The molecule has 5 nitrogen and oxygen atoms in total. The second kappa shape index (κ2) is 7.93. The van der Waals surface area contributed by atoms with Gasteiger partial charge in [0.05, 0.1) is 16.9 Å². The predicted molar refractivity (Wildman–Crippen MR) is 97.7 cm³/mol. The predicted octanol–water partition coefficient (Wildman–Crippen LogP) is 3.89. The Morgan fingerprint density at radius 1 is 1.23 bits per heavy atom. The van der Waals surface area contributed by atoms with Crippen LogP contribution in [0, 0.1) is 5.82 Å². The van der Waals surface area contributed by atoms with E-state index in [2.05, 4.69) is 16.9 Å². The van der Waals surface area contributed by atoms with E-state index in [1.165, 1.54) is 21.8 Å². The van der Waals surface area contributed by atoms with Crippen LogP contribution in [-0.4, -0.2) is 32.3 Å². The van der Waals surface area contributed by atoms with Crippen molar-refractivity contribution in [3.05, 3.63) is 89.5 Å². The average Bonchev–Trinajstić information content (AvgIpc) is 3.13. The van der Waals surface area contributed by atoms with E-state index in [-0.39, 0.29) is 30.5 Å². The second-order valence-electron chi connectivity index (χ2n) is 5.57. The third kappa shape index (κ3) is 3.81. The molecule has 0 bridgehead atoms. The summed E-state index contributed by atoms with van der Waals surface area (Å²) in [6.07, 6.45) is 3.08. The number of hydrogen-bond donors (Lipinski definition) is 0. The molecule has 1 amide bonds. The zero-order chi connectivity index (χ0) is 18.5. The highest BCUT2D eigenvalue weighted by atomic mass is 35.5. The summed E-state index contributed by atoms with van der Waals surface area (Å²) >= 11 is 6.15. The summed E-state index contributed by atoms with van der Waals surface area (Å²) < 4.78 is 15.4. The maximum atomic E-state index is 13.9. The number of rotatable bonds is 6. The van der Waals surface area contributed by atoms with Gasteiger partial charge in [-0.05, 0) is 18.2 Å². The zero-order valence-corrected chi connectivity index (χ0v) is 14.6. The molecule has 0 atom stereocenters. The average molecular weight is 371 g/mol. The topological polar surface area (TPSA) is 51.0 Å². The minimum atomic E-state index is -0.369. The highest BCUT2D eigenvalue weighted by Gasteiger charge is 2.20. The van der Waals surface area contributed by atoms with Gasteiger partial charge in [0.1, 0.15) is 5.82 Å². The molecule has 132 valence electrons. The lowest BCUT2D eigenvalue weighted by atomic mass is 10.2. The van der Waals surface area contributed by atoms with Crippen molar-refractivity contribution < 1.29 is 9.18 Å². The van der Waals surface area contributed by atoms with Crippen LogP contribution in [-0.2, 0) is 6.54 Å². The van der Waals surface area contributed by atoms with Crippen molar-refractivity contribution in [2.45, 2.75) is 6.54 Å². The van der Waals surface area contributed by atoms with Crippen LogP contribution in [0.1, 0.15) is 16.1 Å². The number of nitrogens with zero attached hydrogens (tertiary/aromatic N) is 4. The van der Waals surface area contributed by atoms with Gasteiger partial charge >= 0.3 is 0 Å². The van der Waals surface area contributed by atoms with Crippen molar-refractivity contribution in [2.75, 3.05) is 6.54 Å². The molecular formula is C19H16ClFN4O. The molecule has 1 aromatic heterocycles. The molecule has 0 aliphatic rings. The van der Waals surface area contributed by atoms with E-state index in [0.717, 1.165) is 0 Å². The Morgan fingerprint density at radius 2 is 1.96 bits per heavy atom. The van der Waals surface area contributed by atoms with E-state index < -0.39 is 0 Å². The molecule has 0 unspecified atom stereocenters. The van der Waals surface area contributed by atoms with Crippen LogP contribution in [0.25, 0.3) is 5.69 Å². The van der Waals surface area contributed by atoms with Crippen LogP contribution in [0.2, 0.25) is 5.02 Å². The van der Waals surface area contributed by atoms with E-state index in [0.29, 0.717) is 16.3 Å². The summed E-state index contributed by atoms with van der Waals surface area (Å²) in [7, 11) is 0. The summed E-state index contributed by atoms with van der Waals surface area (Å²) in [5.41, 5.74) is 1.18. The quantitative estimate of drug-likeness (QED) is 0.618. The van der Waals surface area contributed by atoms with Crippen LogP contribution in [0.4, 0.5) is 4.39 Å². The fourth-order valence-corrected chi connectivity index (χ4v) is 2.71. The summed E-state index contributed by atoms with van der Waals surface area (Å²) in [5.74, 6) is -0.736. The Morgan fingerprint density at radius 3 is 2.69 bits per heavy atom. The van der Waals surface area contributed by atoms with E-state index in [1.54, 1.807) is 42.5 Å². The maximum Gasteiger partial charge on any atom is 0.276 e. The number of para-hydroxylation sites is 1. The number of aromatic nitrogens is 3. The Hall–Kier alpha value is -2.99. The Kier molecular flexibility index (Phi) is 5.43. The first kappa shape index (κ1) is 17.8. The molecule has 0 spiro atoms. The third-order valence-corrected chi connectivity index (χ3v) is 4.09. The smallest absolute Gasteiger partial charge is 0.276 e. The highest BCUT2D eigenvalue weighted by molar-refractivity contribution is 6.32. The number of carbonyl (C=O) groups excluding carboxylic acids is 1. The van der Waals surface area contributed by atoms with Gasteiger partial charge in [-0.3, -0.25) is 4.79 Å². The fourth-order valence-electron chi connectivity index (χ4n) is 2.49. The first-order valence-corrected chi connectivity index (χ1v) is 8.28. The molecule has 26 heavy (non-hydrogen) atoms. The van der Waals surface area contributed by atoms with E-state index in [1.807, 2.05) is 6.07 Å². The van der Waals surface area contributed by atoms with Crippen molar-refractivity contribution in [1.82, 2.24) is 19.9 Å². The molecule has 0 fully saturated rings. The molecule has 0 aliphatic carbocycles. The van der Waals surface area contributed by atoms with Crippen LogP contribution in [0.15, 0.2) is 67.4 Å². The number of benzene rings is 2. The highest BCUT2D eigenvalue weighted by Crippen LogP contribution is 2.19. The molecule has 7 heteroatoms. The lowest BCUT2D eigenvalue weighted by molar-refractivity contribution is 0.0755. The van der Waals surface area contributed by atoms with Gasteiger partial charge in [-0.25, -0.2) is 9.07 Å². The lowest BCUT2D eigenvalue weighted by Crippen LogP contribution is -2.31. The summed E-state index contributed by atoms with van der Waals surface area (Å²) in [5, 5.41) is 8.40. The van der Waals surface area contributed by atoms with E-state index in [9.17, 15) is 9.18 Å². The van der Waals surface area contributed by atoms with Gasteiger partial charge in [0.25, 0.3) is 5.91 Å². The van der Waals surface area contributed by atoms with Crippen molar-refractivity contribution in [1.29, 1.82) is 0 Å². The monoisotopic (exact) mass is 370 g/mol. The first-order chi connectivity index (χ1) is 12.6. The molecule has 3 rings (SSSR count). The number of amides is 1. The molecule has 0 saturated heterocycles. The largest absolute Gasteiger partial charge is 0.329 e. The number of halogens is 2. The van der Waals surface area contributed by atoms with Crippen molar-refractivity contribution in [2.24, 2.45) is 0 Å². The molecule has 1 heterocycles. The minimum absolute atomic E-state index is 0.108. The van der Waals surface area contributed by atoms with Crippen molar-refractivity contribution in [3.8, 4) is 5.69 Å². The number of hydrogen-bond acceptors (Lipinski definition) is 3. The van der Waals surface area contributed by atoms with Crippen molar-refractivity contribution in [3.63, 3.8) is 0 Å². The summed E-state index contributed by atoms with van der Waals surface area (Å²) in [6.45, 7) is 4.02. The molecular weight excluding hydrogens is 355 g/mol. The van der Waals surface area contributed by atoms with E-state index >= 15 is 0 Å². The van der Waals surface area contributed by atoms with Crippen LogP contribution >= 0.6 is 11.6 Å². The first-order valence-electron chi connectivity index (χ1n) is 7.91.